The summed E-state index contributed by atoms with van der Waals surface area (Å²) in [7, 11) is -3.96. The number of hydrogen-bond donors (Lipinski definition) is 1. The molecular weight excluding hydrogens is 594 g/mol. The number of carbonyl (C=O) groups is 3. The minimum Gasteiger partial charge on any atom is -0.354 e. The van der Waals surface area contributed by atoms with Crippen molar-refractivity contribution in [1.82, 2.24) is 14.5 Å². The molecule has 8 nitrogen and oxygen atoms in total. The van der Waals surface area contributed by atoms with Gasteiger partial charge in [0, 0.05) is 36.9 Å². The summed E-state index contributed by atoms with van der Waals surface area (Å²) >= 11 is 3.43. The van der Waals surface area contributed by atoms with Gasteiger partial charge in [0.2, 0.25) is 11.8 Å². The van der Waals surface area contributed by atoms with Crippen LogP contribution in [0.2, 0.25) is 0 Å². The van der Waals surface area contributed by atoms with Crippen LogP contribution in [0.4, 0.5) is 0 Å². The fraction of sp³-hybridized carbons (Fsp3) is 0.300. The van der Waals surface area contributed by atoms with E-state index >= 15 is 0 Å². The number of carbonyl (C=O) groups excluding carboxylic acids is 3. The van der Waals surface area contributed by atoms with Crippen molar-refractivity contribution in [3.63, 3.8) is 0 Å². The summed E-state index contributed by atoms with van der Waals surface area (Å²) in [6.45, 7) is 2.53. The first-order valence-electron chi connectivity index (χ1n) is 13.2. The molecule has 10 heteroatoms. The SMILES string of the molecule is CCCNC(=O)[C@H](Cc1ccccc1)N(Cc1ccc(Br)cc1)C(=O)CCCN1C(=O)c2ccccc2S1(=O)=O. The lowest BCUT2D eigenvalue weighted by molar-refractivity contribution is -0.141. The second kappa shape index (κ2) is 13.2. The van der Waals surface area contributed by atoms with Crippen molar-refractivity contribution in [2.45, 2.75) is 50.1 Å². The molecule has 1 aliphatic rings. The van der Waals surface area contributed by atoms with Crippen molar-refractivity contribution in [2.24, 2.45) is 0 Å². The van der Waals surface area contributed by atoms with E-state index in [4.69, 9.17) is 0 Å². The number of nitrogens with zero attached hydrogens (tertiary/aromatic N) is 2. The van der Waals surface area contributed by atoms with Crippen molar-refractivity contribution in [3.8, 4) is 0 Å². The van der Waals surface area contributed by atoms with Crippen LogP contribution in [0.15, 0.2) is 88.2 Å². The highest BCUT2D eigenvalue weighted by Crippen LogP contribution is 2.30. The third-order valence-corrected chi connectivity index (χ3v) is 9.12. The van der Waals surface area contributed by atoms with E-state index in [1.165, 1.54) is 12.1 Å². The summed E-state index contributed by atoms with van der Waals surface area (Å²) in [5.41, 5.74) is 1.91. The minimum atomic E-state index is -3.96. The largest absolute Gasteiger partial charge is 0.354 e. The van der Waals surface area contributed by atoms with Crippen LogP contribution in [0.5, 0.6) is 0 Å². The van der Waals surface area contributed by atoms with Crippen LogP contribution in [0.1, 0.15) is 47.7 Å². The number of nitrogens with one attached hydrogen (secondary N) is 1. The van der Waals surface area contributed by atoms with E-state index < -0.39 is 22.0 Å². The Hall–Kier alpha value is -3.50. The van der Waals surface area contributed by atoms with E-state index in [1.54, 1.807) is 17.0 Å². The van der Waals surface area contributed by atoms with Crippen LogP contribution in [0.3, 0.4) is 0 Å². The first-order chi connectivity index (χ1) is 19.2. The van der Waals surface area contributed by atoms with E-state index in [9.17, 15) is 22.8 Å². The van der Waals surface area contributed by atoms with Gasteiger partial charge in [0.15, 0.2) is 0 Å². The van der Waals surface area contributed by atoms with Gasteiger partial charge in [-0.3, -0.25) is 14.4 Å². The van der Waals surface area contributed by atoms with Gasteiger partial charge in [-0.2, -0.15) is 0 Å². The van der Waals surface area contributed by atoms with E-state index in [0.717, 1.165) is 26.3 Å². The quantitative estimate of drug-likeness (QED) is 0.318. The van der Waals surface area contributed by atoms with Gasteiger partial charge in [0.25, 0.3) is 15.9 Å². The molecular formula is C30H32BrN3O5S. The zero-order chi connectivity index (χ0) is 28.7. The second-order valence-corrected chi connectivity index (χ2v) is 12.4. The standard InChI is InChI=1S/C30H32BrN3O5S/c1-2-18-32-29(36)26(20-22-9-4-3-5-10-22)33(21-23-14-16-24(31)17-15-23)28(35)13-8-19-34-30(37)25-11-6-7-12-27(25)40(34,38)39/h3-7,9-12,14-17,26H,2,8,13,18-21H2,1H3,(H,32,36)/t26-/m0/s1. The molecule has 0 fully saturated rings. The fourth-order valence-electron chi connectivity index (χ4n) is 4.68. The Bertz CT molecular complexity index is 1460. The van der Waals surface area contributed by atoms with Crippen molar-refractivity contribution in [3.05, 3.63) is 100 Å². The van der Waals surface area contributed by atoms with Crippen LogP contribution in [-0.2, 0) is 32.6 Å². The maximum Gasteiger partial charge on any atom is 0.269 e. The molecule has 3 aromatic rings. The van der Waals surface area contributed by atoms with Crippen molar-refractivity contribution < 1.29 is 22.8 Å². The maximum atomic E-state index is 13.7. The Labute approximate surface area is 243 Å². The third-order valence-electron chi connectivity index (χ3n) is 6.75. The van der Waals surface area contributed by atoms with Crippen LogP contribution in [-0.4, -0.2) is 54.5 Å². The number of amides is 3. The van der Waals surface area contributed by atoms with Gasteiger partial charge >= 0.3 is 0 Å². The number of halogens is 1. The van der Waals surface area contributed by atoms with Gasteiger partial charge < -0.3 is 10.2 Å². The average molecular weight is 627 g/mol. The van der Waals surface area contributed by atoms with Crippen LogP contribution in [0, 0.1) is 0 Å². The van der Waals surface area contributed by atoms with Crippen molar-refractivity contribution >= 4 is 43.7 Å². The monoisotopic (exact) mass is 625 g/mol. The summed E-state index contributed by atoms with van der Waals surface area (Å²) in [5.74, 6) is -1.13. The Morgan fingerprint density at radius 2 is 1.62 bits per heavy atom. The van der Waals surface area contributed by atoms with E-state index in [-0.39, 0.29) is 48.2 Å². The zero-order valence-corrected chi connectivity index (χ0v) is 24.7. The van der Waals surface area contributed by atoms with Crippen molar-refractivity contribution in [1.29, 1.82) is 0 Å². The highest BCUT2D eigenvalue weighted by molar-refractivity contribution is 9.10. The molecule has 0 bridgehead atoms. The number of fused-ring (bicyclic) bond motifs is 1. The summed E-state index contributed by atoms with van der Waals surface area (Å²) in [4.78, 5) is 41.5. The van der Waals surface area contributed by atoms with Gasteiger partial charge in [-0.15, -0.1) is 0 Å². The average Bonchev–Trinajstić information content (AvgIpc) is 3.15. The minimum absolute atomic E-state index is 0.0151. The molecule has 0 saturated heterocycles. The predicted molar refractivity (Wildman–Crippen MR) is 156 cm³/mol. The lowest BCUT2D eigenvalue weighted by Crippen LogP contribution is -2.50. The summed E-state index contributed by atoms with van der Waals surface area (Å²) in [6.07, 6.45) is 1.18. The highest BCUT2D eigenvalue weighted by Gasteiger charge is 2.40. The normalized spacial score (nSPS) is 14.4. The molecule has 210 valence electrons. The Morgan fingerprint density at radius 3 is 2.30 bits per heavy atom. The molecule has 0 aliphatic carbocycles. The summed E-state index contributed by atoms with van der Waals surface area (Å²) in [5, 5.41) is 2.94. The van der Waals surface area contributed by atoms with E-state index in [0.29, 0.717) is 13.0 Å². The number of hydrogen-bond acceptors (Lipinski definition) is 5. The topological polar surface area (TPSA) is 104 Å². The van der Waals surface area contributed by atoms with Gasteiger partial charge in [-0.1, -0.05) is 77.5 Å². The molecule has 0 aromatic heterocycles. The second-order valence-electron chi connectivity index (χ2n) is 9.63. The molecule has 40 heavy (non-hydrogen) atoms. The number of sulfonamides is 1. The molecule has 1 aliphatic heterocycles. The van der Waals surface area contributed by atoms with E-state index in [2.05, 4.69) is 21.2 Å². The first kappa shape index (κ1) is 29.5. The molecule has 0 radical (unpaired) electrons. The molecule has 1 N–H and O–H groups in total. The van der Waals surface area contributed by atoms with Gasteiger partial charge in [0.1, 0.15) is 10.9 Å². The molecule has 3 aromatic carbocycles. The number of rotatable bonds is 12. The highest BCUT2D eigenvalue weighted by atomic mass is 79.9. The van der Waals surface area contributed by atoms with Gasteiger partial charge in [0.05, 0.1) is 5.56 Å². The van der Waals surface area contributed by atoms with Gasteiger partial charge in [-0.05, 0) is 48.2 Å². The molecule has 3 amide bonds. The maximum absolute atomic E-state index is 13.7. The van der Waals surface area contributed by atoms with E-state index in [1.807, 2.05) is 61.5 Å². The third kappa shape index (κ3) is 6.79. The summed E-state index contributed by atoms with van der Waals surface area (Å²) in [6, 6.07) is 22.4. The molecule has 0 spiro atoms. The number of benzene rings is 3. The van der Waals surface area contributed by atoms with Crippen LogP contribution >= 0.6 is 15.9 Å². The lowest BCUT2D eigenvalue weighted by atomic mass is 10.0. The Kier molecular flexibility index (Phi) is 9.76. The summed E-state index contributed by atoms with van der Waals surface area (Å²) < 4.78 is 27.6. The molecule has 4 rings (SSSR count). The Morgan fingerprint density at radius 1 is 0.950 bits per heavy atom. The Balaban J connectivity index is 1.55. The van der Waals surface area contributed by atoms with Crippen molar-refractivity contribution in [2.75, 3.05) is 13.1 Å². The molecule has 0 unspecified atom stereocenters. The first-order valence-corrected chi connectivity index (χ1v) is 15.5. The molecule has 1 atom stereocenters. The smallest absolute Gasteiger partial charge is 0.269 e. The zero-order valence-electron chi connectivity index (χ0n) is 22.3. The predicted octanol–water partition coefficient (Wildman–Crippen LogP) is 4.54. The van der Waals surface area contributed by atoms with Crippen LogP contribution < -0.4 is 5.32 Å². The van der Waals surface area contributed by atoms with Gasteiger partial charge in [-0.25, -0.2) is 12.7 Å². The van der Waals surface area contributed by atoms with Crippen LogP contribution in [0.25, 0.3) is 0 Å². The lowest BCUT2D eigenvalue weighted by Gasteiger charge is -2.32. The molecule has 1 heterocycles. The molecule has 0 saturated carbocycles. The fourth-order valence-corrected chi connectivity index (χ4v) is 6.55.